The minimum Gasteiger partial charge on any atom is -0.379 e. The van der Waals surface area contributed by atoms with Crippen molar-refractivity contribution in [3.05, 3.63) is 105 Å². The van der Waals surface area contributed by atoms with Gasteiger partial charge in [0.25, 0.3) is 5.91 Å². The Kier molecular flexibility index (Phi) is 11.6. The number of unbranched alkanes of at least 4 members (excludes halogenated alkanes) is 1. The van der Waals surface area contributed by atoms with Crippen LogP contribution in [0.15, 0.2) is 72.8 Å². The molecule has 0 radical (unpaired) electrons. The average molecular weight is 643 g/mol. The molecule has 5 rings (SSSR count). The summed E-state index contributed by atoms with van der Waals surface area (Å²) in [5.41, 5.74) is 2.58. The molecule has 3 aromatic carbocycles. The molecule has 7 nitrogen and oxygen atoms in total. The number of nitrogens with one attached hydrogen (secondary N) is 1. The highest BCUT2D eigenvalue weighted by atomic mass is 35.5. The Labute approximate surface area is 268 Å². The largest absolute Gasteiger partial charge is 0.379 e. The molecule has 1 N–H and O–H groups in total. The van der Waals surface area contributed by atoms with Crippen LogP contribution >= 0.6 is 23.2 Å². The third-order valence-electron chi connectivity index (χ3n) is 8.14. The number of benzene rings is 3. The van der Waals surface area contributed by atoms with Crippen LogP contribution in [0, 0.1) is 5.82 Å². The number of nitrogens with zero attached hydrogens (tertiary/aromatic N) is 2. The molecular weight excluding hydrogens is 604 g/mol. The van der Waals surface area contributed by atoms with Crippen LogP contribution in [-0.4, -0.2) is 73.7 Å². The number of carbonyl (C=O) groups is 2. The second kappa shape index (κ2) is 15.8. The van der Waals surface area contributed by atoms with E-state index >= 15 is 0 Å². The van der Waals surface area contributed by atoms with Gasteiger partial charge in [-0.05, 0) is 65.9 Å². The zero-order valence-corrected chi connectivity index (χ0v) is 26.1. The molecule has 2 saturated heterocycles. The summed E-state index contributed by atoms with van der Waals surface area (Å²) < 4.78 is 25.6. The summed E-state index contributed by atoms with van der Waals surface area (Å²) in [7, 11) is 0. The average Bonchev–Trinajstić information content (AvgIpc) is 3.03. The molecule has 0 saturated carbocycles. The van der Waals surface area contributed by atoms with E-state index in [1.165, 1.54) is 12.1 Å². The van der Waals surface area contributed by atoms with Crippen molar-refractivity contribution >= 4 is 35.0 Å². The van der Waals surface area contributed by atoms with Crippen LogP contribution in [0.1, 0.15) is 48.1 Å². The number of hydrogen-bond acceptors (Lipinski definition) is 5. The van der Waals surface area contributed by atoms with Gasteiger partial charge in [0, 0.05) is 55.6 Å². The second-order valence-electron chi connectivity index (χ2n) is 11.2. The Morgan fingerprint density at radius 1 is 0.864 bits per heavy atom. The first kappa shape index (κ1) is 32.4. The van der Waals surface area contributed by atoms with E-state index in [4.69, 9.17) is 32.7 Å². The van der Waals surface area contributed by atoms with E-state index in [9.17, 15) is 14.0 Å². The molecule has 3 aromatic rings. The molecule has 0 aliphatic carbocycles. The highest BCUT2D eigenvalue weighted by molar-refractivity contribution is 6.30. The van der Waals surface area contributed by atoms with Gasteiger partial charge in [0.15, 0.2) is 0 Å². The van der Waals surface area contributed by atoms with E-state index in [1.54, 1.807) is 12.1 Å². The quantitative estimate of drug-likeness (QED) is 0.246. The SMILES string of the molecule is O=C(CCCCN1C(=O)[C@@H](Cc2ccc(F)cc2)O[C@H](c2ccc(Cl)cc2)[C@@H]1c1ccc(Cl)cc1)NCCN1CCOCC1. The molecule has 2 heterocycles. The monoisotopic (exact) mass is 641 g/mol. The molecule has 2 amide bonds. The molecule has 3 atom stereocenters. The Balaban J connectivity index is 1.30. The Bertz CT molecular complexity index is 1370. The predicted molar refractivity (Wildman–Crippen MR) is 169 cm³/mol. The number of morpholine rings is 2. The van der Waals surface area contributed by atoms with E-state index in [2.05, 4.69) is 10.2 Å². The van der Waals surface area contributed by atoms with E-state index in [0.29, 0.717) is 48.8 Å². The van der Waals surface area contributed by atoms with Crippen LogP contribution < -0.4 is 5.32 Å². The smallest absolute Gasteiger partial charge is 0.252 e. The molecule has 0 unspecified atom stereocenters. The van der Waals surface area contributed by atoms with Crippen molar-refractivity contribution in [3.63, 3.8) is 0 Å². The fourth-order valence-electron chi connectivity index (χ4n) is 5.78. The minimum absolute atomic E-state index is 0.00837. The van der Waals surface area contributed by atoms with Crippen molar-refractivity contribution in [3.8, 4) is 0 Å². The first-order chi connectivity index (χ1) is 21.4. The van der Waals surface area contributed by atoms with Crippen molar-refractivity contribution in [2.24, 2.45) is 0 Å². The van der Waals surface area contributed by atoms with Crippen LogP contribution in [-0.2, 0) is 25.5 Å². The zero-order chi connectivity index (χ0) is 30.9. The third-order valence-corrected chi connectivity index (χ3v) is 8.65. The van der Waals surface area contributed by atoms with Gasteiger partial charge in [-0.2, -0.15) is 0 Å². The van der Waals surface area contributed by atoms with Crippen LogP contribution in [0.25, 0.3) is 0 Å². The van der Waals surface area contributed by atoms with Gasteiger partial charge in [0.05, 0.1) is 19.3 Å². The molecule has 234 valence electrons. The molecule has 2 aliphatic rings. The van der Waals surface area contributed by atoms with Gasteiger partial charge >= 0.3 is 0 Å². The minimum atomic E-state index is -0.770. The van der Waals surface area contributed by atoms with E-state index in [0.717, 1.165) is 49.5 Å². The summed E-state index contributed by atoms with van der Waals surface area (Å²) in [5.74, 6) is -0.471. The zero-order valence-electron chi connectivity index (χ0n) is 24.6. The summed E-state index contributed by atoms with van der Waals surface area (Å²) in [6.07, 6.45) is 0.706. The number of halogens is 3. The molecule has 2 fully saturated rings. The van der Waals surface area contributed by atoms with Gasteiger partial charge in [-0.3, -0.25) is 14.5 Å². The van der Waals surface area contributed by atoms with E-state index < -0.39 is 18.2 Å². The number of ether oxygens (including phenoxy) is 2. The standard InChI is InChI=1S/C34H38Cl2FN3O4/c35-27-10-6-25(7-11-27)32-33(26-8-12-28(36)13-9-26)44-30(23-24-4-14-29(37)15-5-24)34(42)40(32)17-2-1-3-31(41)38-16-18-39-19-21-43-22-20-39/h4-15,30,32-33H,1-3,16-23H2,(H,38,41)/t30-,32+,33-/m1/s1. The maximum Gasteiger partial charge on any atom is 0.252 e. The Morgan fingerprint density at radius 3 is 2.16 bits per heavy atom. The van der Waals surface area contributed by atoms with Crippen LogP contribution in [0.5, 0.6) is 0 Å². The van der Waals surface area contributed by atoms with Gasteiger partial charge in [0.2, 0.25) is 5.91 Å². The summed E-state index contributed by atoms with van der Waals surface area (Å²) in [5, 5.41) is 4.22. The van der Waals surface area contributed by atoms with Gasteiger partial charge in [-0.1, -0.05) is 59.6 Å². The van der Waals surface area contributed by atoms with Crippen molar-refractivity contribution in [1.82, 2.24) is 15.1 Å². The van der Waals surface area contributed by atoms with Gasteiger partial charge in [-0.15, -0.1) is 0 Å². The second-order valence-corrected chi connectivity index (χ2v) is 12.1. The lowest BCUT2D eigenvalue weighted by molar-refractivity contribution is -0.174. The van der Waals surface area contributed by atoms with Crippen molar-refractivity contribution in [2.45, 2.75) is 43.9 Å². The Morgan fingerprint density at radius 2 is 1.50 bits per heavy atom. The number of carbonyl (C=O) groups excluding carboxylic acids is 2. The van der Waals surface area contributed by atoms with E-state index in [-0.39, 0.29) is 17.6 Å². The molecule has 0 bridgehead atoms. The molecule has 2 aliphatic heterocycles. The summed E-state index contributed by atoms with van der Waals surface area (Å²) in [4.78, 5) is 30.8. The third kappa shape index (κ3) is 8.79. The summed E-state index contributed by atoms with van der Waals surface area (Å²) >= 11 is 12.4. The first-order valence-corrected chi connectivity index (χ1v) is 15.9. The number of hydrogen-bond donors (Lipinski definition) is 1. The van der Waals surface area contributed by atoms with Gasteiger partial charge in [-0.25, -0.2) is 4.39 Å². The van der Waals surface area contributed by atoms with Crippen LogP contribution in [0.2, 0.25) is 10.0 Å². The van der Waals surface area contributed by atoms with Crippen molar-refractivity contribution in [2.75, 3.05) is 45.9 Å². The molecular formula is C34H38Cl2FN3O4. The highest BCUT2D eigenvalue weighted by Crippen LogP contribution is 2.43. The first-order valence-electron chi connectivity index (χ1n) is 15.2. The van der Waals surface area contributed by atoms with Crippen molar-refractivity contribution < 1.29 is 23.5 Å². The number of rotatable bonds is 12. The number of amides is 2. The fraction of sp³-hybridized carbons (Fsp3) is 0.412. The lowest BCUT2D eigenvalue weighted by atomic mass is 9.90. The topological polar surface area (TPSA) is 71.1 Å². The highest BCUT2D eigenvalue weighted by Gasteiger charge is 2.43. The normalized spacial score (nSPS) is 20.9. The molecule has 0 spiro atoms. The maximum absolute atomic E-state index is 14.1. The van der Waals surface area contributed by atoms with Gasteiger partial charge in [0.1, 0.15) is 18.0 Å². The van der Waals surface area contributed by atoms with Gasteiger partial charge < -0.3 is 19.7 Å². The van der Waals surface area contributed by atoms with Crippen LogP contribution in [0.4, 0.5) is 4.39 Å². The predicted octanol–water partition coefficient (Wildman–Crippen LogP) is 6.00. The molecule has 10 heteroatoms. The fourth-order valence-corrected chi connectivity index (χ4v) is 6.03. The van der Waals surface area contributed by atoms with Crippen LogP contribution in [0.3, 0.4) is 0 Å². The summed E-state index contributed by atoms with van der Waals surface area (Å²) in [6.45, 7) is 5.09. The lowest BCUT2D eigenvalue weighted by Gasteiger charge is -2.45. The molecule has 44 heavy (non-hydrogen) atoms. The molecule has 0 aromatic heterocycles. The maximum atomic E-state index is 14.1. The van der Waals surface area contributed by atoms with Crippen molar-refractivity contribution in [1.29, 1.82) is 0 Å². The lowest BCUT2D eigenvalue weighted by Crippen LogP contribution is -2.51. The Hall–Kier alpha value is -3.01. The van der Waals surface area contributed by atoms with E-state index in [1.807, 2.05) is 53.4 Å². The summed E-state index contributed by atoms with van der Waals surface area (Å²) in [6, 6.07) is 20.6.